The van der Waals surface area contributed by atoms with E-state index in [1.165, 1.54) is 20.8 Å². The fraction of sp³-hybridized carbons (Fsp3) is 0.500. The molecule has 2 rings (SSSR count). The van der Waals surface area contributed by atoms with Crippen LogP contribution >= 0.6 is 0 Å². The fourth-order valence-corrected chi connectivity index (χ4v) is 3.79. The van der Waals surface area contributed by atoms with E-state index in [0.717, 1.165) is 4.31 Å². The van der Waals surface area contributed by atoms with Gasteiger partial charge in [0.2, 0.25) is 21.8 Å². The first-order chi connectivity index (χ1) is 8.75. The Bertz CT molecular complexity index is 629. The number of nitrogens with one attached hydrogen (secondary N) is 1. The van der Waals surface area contributed by atoms with Gasteiger partial charge in [-0.2, -0.15) is 4.31 Å². The largest absolute Gasteiger partial charge is 0.360 e. The topological polar surface area (TPSA) is 110 Å². The van der Waals surface area contributed by atoms with E-state index in [4.69, 9.17) is 4.52 Å². The molecular weight excluding hydrogens is 274 g/mol. The number of aryl methyl sites for hydroxylation is 2. The van der Waals surface area contributed by atoms with Crippen LogP contribution in [0.5, 0.6) is 0 Å². The lowest BCUT2D eigenvalue weighted by Crippen LogP contribution is -2.58. The molecule has 8 nitrogen and oxygen atoms in total. The third kappa shape index (κ3) is 2.15. The second kappa shape index (κ2) is 4.42. The van der Waals surface area contributed by atoms with E-state index in [-0.39, 0.29) is 16.3 Å². The molecule has 9 heteroatoms. The fourth-order valence-electron chi connectivity index (χ4n) is 1.94. The Kier molecular flexibility index (Phi) is 3.19. The van der Waals surface area contributed by atoms with Crippen LogP contribution in [0.1, 0.15) is 18.4 Å². The molecule has 104 valence electrons. The molecule has 0 spiro atoms. The first-order valence-corrected chi connectivity index (χ1v) is 6.97. The minimum atomic E-state index is -4.00. The van der Waals surface area contributed by atoms with E-state index in [1.807, 2.05) is 0 Å². The maximum Gasteiger partial charge on any atom is 0.249 e. The number of carbonyl (C=O) groups excluding carboxylic acids is 2. The maximum atomic E-state index is 12.5. The molecule has 1 aliphatic heterocycles. The summed E-state index contributed by atoms with van der Waals surface area (Å²) in [7, 11) is -4.00. The van der Waals surface area contributed by atoms with Crippen LogP contribution in [-0.4, -0.2) is 42.3 Å². The first-order valence-electron chi connectivity index (χ1n) is 5.53. The molecule has 0 bridgehead atoms. The van der Waals surface area contributed by atoms with E-state index in [2.05, 4.69) is 10.5 Å². The number of hydrogen-bond donors (Lipinski definition) is 1. The highest BCUT2D eigenvalue weighted by Gasteiger charge is 2.41. The lowest BCUT2D eigenvalue weighted by molar-refractivity contribution is -0.136. The molecule has 0 aliphatic carbocycles. The smallest absolute Gasteiger partial charge is 0.249 e. The van der Waals surface area contributed by atoms with Gasteiger partial charge in [0, 0.05) is 0 Å². The molecule has 19 heavy (non-hydrogen) atoms. The summed E-state index contributed by atoms with van der Waals surface area (Å²) in [6.07, 6.45) is 0. The Hall–Kier alpha value is -1.74. The zero-order valence-corrected chi connectivity index (χ0v) is 11.4. The Morgan fingerprint density at radius 2 is 2.00 bits per heavy atom. The van der Waals surface area contributed by atoms with E-state index < -0.39 is 34.4 Å². The second-order valence-corrected chi connectivity index (χ2v) is 6.12. The quantitative estimate of drug-likeness (QED) is 0.722. The van der Waals surface area contributed by atoms with E-state index >= 15 is 0 Å². The Balaban J connectivity index is 2.50. The van der Waals surface area contributed by atoms with Crippen molar-refractivity contribution in [3.63, 3.8) is 0 Å². The average molecular weight is 287 g/mol. The summed E-state index contributed by atoms with van der Waals surface area (Å²) < 4.78 is 30.6. The molecule has 0 saturated carbocycles. The van der Waals surface area contributed by atoms with Gasteiger partial charge in [-0.05, 0) is 20.8 Å². The van der Waals surface area contributed by atoms with Gasteiger partial charge < -0.3 is 4.52 Å². The Morgan fingerprint density at radius 1 is 1.37 bits per heavy atom. The van der Waals surface area contributed by atoms with E-state index in [0.29, 0.717) is 0 Å². The molecule has 0 radical (unpaired) electrons. The summed E-state index contributed by atoms with van der Waals surface area (Å²) in [5.41, 5.74) is 0.197. The van der Waals surface area contributed by atoms with Gasteiger partial charge in [-0.15, -0.1) is 0 Å². The van der Waals surface area contributed by atoms with Crippen molar-refractivity contribution in [3.05, 3.63) is 11.5 Å². The van der Waals surface area contributed by atoms with Gasteiger partial charge in [0.1, 0.15) is 16.6 Å². The summed E-state index contributed by atoms with van der Waals surface area (Å²) in [4.78, 5) is 22.8. The van der Waals surface area contributed by atoms with E-state index in [1.54, 1.807) is 0 Å². The van der Waals surface area contributed by atoms with Crippen LogP contribution in [0.15, 0.2) is 9.42 Å². The SMILES string of the molecule is Cc1noc(C)c1S(=O)(=O)N1CC(=O)NC(=O)C1C. The highest BCUT2D eigenvalue weighted by Crippen LogP contribution is 2.25. The second-order valence-electron chi connectivity index (χ2n) is 4.29. The first kappa shape index (κ1) is 13.7. The summed E-state index contributed by atoms with van der Waals surface area (Å²) >= 11 is 0. The lowest BCUT2D eigenvalue weighted by atomic mass is 10.2. The predicted molar refractivity (Wildman–Crippen MR) is 62.5 cm³/mol. The van der Waals surface area contributed by atoms with Crippen LogP contribution in [0.4, 0.5) is 0 Å². The van der Waals surface area contributed by atoms with Crippen molar-refractivity contribution >= 4 is 21.8 Å². The third-order valence-electron chi connectivity index (χ3n) is 2.91. The molecule has 0 aromatic carbocycles. The lowest BCUT2D eigenvalue weighted by Gasteiger charge is -2.30. The predicted octanol–water partition coefficient (Wildman–Crippen LogP) is -0.673. The number of amides is 2. The van der Waals surface area contributed by atoms with Gasteiger partial charge in [0.05, 0.1) is 6.54 Å². The Morgan fingerprint density at radius 3 is 2.53 bits per heavy atom. The highest BCUT2D eigenvalue weighted by molar-refractivity contribution is 7.89. The van der Waals surface area contributed by atoms with Crippen molar-refractivity contribution in [2.24, 2.45) is 0 Å². The Labute approximate surface area is 109 Å². The third-order valence-corrected chi connectivity index (χ3v) is 5.07. The molecule has 1 aliphatic rings. The molecule has 2 heterocycles. The summed E-state index contributed by atoms with van der Waals surface area (Å²) in [6, 6.07) is -0.962. The van der Waals surface area contributed by atoms with Crippen LogP contribution in [-0.2, 0) is 19.6 Å². The van der Waals surface area contributed by atoms with Crippen LogP contribution in [0.2, 0.25) is 0 Å². The number of nitrogens with zero attached hydrogens (tertiary/aromatic N) is 2. The number of aromatic nitrogens is 1. The van der Waals surface area contributed by atoms with Gasteiger partial charge in [-0.1, -0.05) is 5.16 Å². The average Bonchev–Trinajstić information content (AvgIpc) is 2.63. The number of imide groups is 1. The molecule has 1 fully saturated rings. The van der Waals surface area contributed by atoms with Gasteiger partial charge >= 0.3 is 0 Å². The summed E-state index contributed by atoms with van der Waals surface area (Å²) in [6.45, 7) is 3.96. The van der Waals surface area contributed by atoms with E-state index in [9.17, 15) is 18.0 Å². The molecule has 1 atom stereocenters. The maximum absolute atomic E-state index is 12.5. The molecule has 1 saturated heterocycles. The normalized spacial score (nSPS) is 21.5. The minimum Gasteiger partial charge on any atom is -0.360 e. The zero-order chi connectivity index (χ0) is 14.4. The number of sulfonamides is 1. The summed E-state index contributed by atoms with van der Waals surface area (Å²) in [5.74, 6) is -1.17. The van der Waals surface area contributed by atoms with Gasteiger partial charge in [-0.25, -0.2) is 8.42 Å². The van der Waals surface area contributed by atoms with Crippen molar-refractivity contribution < 1.29 is 22.5 Å². The molecule has 1 unspecified atom stereocenters. The van der Waals surface area contributed by atoms with Crippen LogP contribution < -0.4 is 5.32 Å². The van der Waals surface area contributed by atoms with Gasteiger partial charge in [0.15, 0.2) is 5.76 Å². The highest BCUT2D eigenvalue weighted by atomic mass is 32.2. The van der Waals surface area contributed by atoms with Crippen molar-refractivity contribution in [2.75, 3.05) is 6.54 Å². The van der Waals surface area contributed by atoms with Crippen molar-refractivity contribution in [3.8, 4) is 0 Å². The standard InChI is InChI=1S/C10H13N3O5S/c1-5-9(7(3)18-12-5)19(16,17)13-4-8(14)11-10(15)6(13)2/h6H,4H2,1-3H3,(H,11,14,15). The van der Waals surface area contributed by atoms with Crippen LogP contribution in [0.25, 0.3) is 0 Å². The molecular formula is C10H13N3O5S. The monoisotopic (exact) mass is 287 g/mol. The molecule has 1 aromatic rings. The van der Waals surface area contributed by atoms with Gasteiger partial charge in [-0.3, -0.25) is 14.9 Å². The van der Waals surface area contributed by atoms with Crippen LogP contribution in [0.3, 0.4) is 0 Å². The molecule has 2 amide bonds. The van der Waals surface area contributed by atoms with Crippen molar-refractivity contribution in [1.82, 2.24) is 14.8 Å². The number of hydrogen-bond acceptors (Lipinski definition) is 6. The van der Waals surface area contributed by atoms with Crippen LogP contribution in [0, 0.1) is 13.8 Å². The zero-order valence-electron chi connectivity index (χ0n) is 10.6. The van der Waals surface area contributed by atoms with Gasteiger partial charge in [0.25, 0.3) is 0 Å². The minimum absolute atomic E-state index is 0.0955. The molecule has 1 aromatic heterocycles. The number of piperazine rings is 1. The number of carbonyl (C=O) groups is 2. The van der Waals surface area contributed by atoms with Crippen molar-refractivity contribution in [2.45, 2.75) is 31.7 Å². The number of rotatable bonds is 2. The molecule has 1 N–H and O–H groups in total. The summed E-state index contributed by atoms with van der Waals surface area (Å²) in [5, 5.41) is 5.66. The van der Waals surface area contributed by atoms with Crippen molar-refractivity contribution in [1.29, 1.82) is 0 Å².